The van der Waals surface area contributed by atoms with E-state index in [1.165, 1.54) is 12.0 Å². The smallest absolute Gasteiger partial charge is 0.119 e. The van der Waals surface area contributed by atoms with Crippen LogP contribution < -0.4 is 4.74 Å². The number of aliphatic hydroxyl groups excluding tert-OH is 1. The van der Waals surface area contributed by atoms with Gasteiger partial charge in [-0.05, 0) is 55.4 Å². The Labute approximate surface area is 114 Å². The van der Waals surface area contributed by atoms with E-state index in [0.717, 1.165) is 50.0 Å². The van der Waals surface area contributed by atoms with E-state index in [-0.39, 0.29) is 6.10 Å². The molecule has 104 valence electrons. The molecule has 0 bridgehead atoms. The summed E-state index contributed by atoms with van der Waals surface area (Å²) in [4.78, 5) is 0. The van der Waals surface area contributed by atoms with Gasteiger partial charge in [0, 0.05) is 13.0 Å². The van der Waals surface area contributed by atoms with Crippen molar-refractivity contribution in [3.63, 3.8) is 0 Å². The molecular weight excluding hydrogens is 240 g/mol. The third-order valence-corrected chi connectivity index (χ3v) is 4.13. The van der Waals surface area contributed by atoms with Crippen molar-refractivity contribution < 1.29 is 14.6 Å². The maximum Gasteiger partial charge on any atom is 0.119 e. The Morgan fingerprint density at radius 3 is 3.05 bits per heavy atom. The Morgan fingerprint density at radius 1 is 1.26 bits per heavy atom. The first-order valence-corrected chi connectivity index (χ1v) is 7.38. The average Bonchev–Trinajstić information content (AvgIpc) is 2.93. The Bertz CT molecular complexity index is 424. The molecule has 0 aromatic heterocycles. The van der Waals surface area contributed by atoms with Gasteiger partial charge in [0.2, 0.25) is 0 Å². The highest BCUT2D eigenvalue weighted by Gasteiger charge is 2.19. The zero-order valence-corrected chi connectivity index (χ0v) is 11.3. The molecule has 2 atom stereocenters. The molecule has 1 saturated heterocycles. The fraction of sp³-hybridized carbons (Fsp3) is 0.625. The van der Waals surface area contributed by atoms with E-state index >= 15 is 0 Å². The van der Waals surface area contributed by atoms with Gasteiger partial charge in [-0.1, -0.05) is 6.07 Å². The lowest BCUT2D eigenvalue weighted by molar-refractivity contribution is 0.0902. The summed E-state index contributed by atoms with van der Waals surface area (Å²) >= 11 is 0. The van der Waals surface area contributed by atoms with Crippen molar-refractivity contribution >= 4 is 0 Å². The fourth-order valence-corrected chi connectivity index (χ4v) is 3.02. The van der Waals surface area contributed by atoms with Crippen LogP contribution in [0, 0.1) is 0 Å². The summed E-state index contributed by atoms with van der Waals surface area (Å²) in [6.07, 6.45) is 6.37. The second-order valence-electron chi connectivity index (χ2n) is 5.54. The van der Waals surface area contributed by atoms with Crippen LogP contribution >= 0.6 is 0 Å². The van der Waals surface area contributed by atoms with Crippen LogP contribution in [0.4, 0.5) is 0 Å². The maximum absolute atomic E-state index is 10.0. The van der Waals surface area contributed by atoms with Crippen molar-refractivity contribution in [3.05, 3.63) is 29.3 Å². The molecular formula is C16H22O3. The van der Waals surface area contributed by atoms with Gasteiger partial charge in [-0.25, -0.2) is 0 Å². The van der Waals surface area contributed by atoms with Crippen molar-refractivity contribution in [2.24, 2.45) is 0 Å². The standard InChI is InChI=1S/C16H22O3/c17-16-5-1-3-12-6-7-14(11-15(12)16)19-10-8-13-4-2-9-18-13/h6-7,11,13,16-17H,1-5,8-10H2/t13?,16-/m1/s1. The van der Waals surface area contributed by atoms with Crippen molar-refractivity contribution in [1.82, 2.24) is 0 Å². The summed E-state index contributed by atoms with van der Waals surface area (Å²) in [5, 5.41) is 10.0. The predicted molar refractivity (Wildman–Crippen MR) is 73.4 cm³/mol. The van der Waals surface area contributed by atoms with E-state index in [1.54, 1.807) is 0 Å². The molecule has 3 heteroatoms. The van der Waals surface area contributed by atoms with Crippen molar-refractivity contribution in [1.29, 1.82) is 0 Å². The van der Waals surface area contributed by atoms with Gasteiger partial charge in [0.1, 0.15) is 5.75 Å². The minimum Gasteiger partial charge on any atom is -0.493 e. The molecule has 19 heavy (non-hydrogen) atoms. The second kappa shape index (κ2) is 5.93. The number of hydrogen-bond acceptors (Lipinski definition) is 3. The minimum atomic E-state index is -0.314. The molecule has 0 amide bonds. The summed E-state index contributed by atoms with van der Waals surface area (Å²) in [5.41, 5.74) is 2.33. The monoisotopic (exact) mass is 262 g/mol. The lowest BCUT2D eigenvalue weighted by Gasteiger charge is -2.22. The number of aryl methyl sites for hydroxylation is 1. The van der Waals surface area contributed by atoms with Gasteiger partial charge in [-0.3, -0.25) is 0 Å². The van der Waals surface area contributed by atoms with Crippen LogP contribution in [0.15, 0.2) is 18.2 Å². The van der Waals surface area contributed by atoms with Crippen LogP contribution in [0.1, 0.15) is 49.3 Å². The highest BCUT2D eigenvalue weighted by Crippen LogP contribution is 2.32. The lowest BCUT2D eigenvalue weighted by Crippen LogP contribution is -2.12. The second-order valence-corrected chi connectivity index (χ2v) is 5.54. The third kappa shape index (κ3) is 3.10. The number of aliphatic hydroxyl groups is 1. The van der Waals surface area contributed by atoms with Gasteiger partial charge in [0.05, 0.1) is 18.8 Å². The number of fused-ring (bicyclic) bond motifs is 1. The quantitative estimate of drug-likeness (QED) is 0.906. The van der Waals surface area contributed by atoms with Gasteiger partial charge in [0.25, 0.3) is 0 Å². The van der Waals surface area contributed by atoms with E-state index in [4.69, 9.17) is 9.47 Å². The topological polar surface area (TPSA) is 38.7 Å². The SMILES string of the molecule is O[C@@H]1CCCc2ccc(OCCC3CCCO3)cc21. The molecule has 0 saturated carbocycles. The van der Waals surface area contributed by atoms with E-state index in [0.29, 0.717) is 12.7 Å². The Hall–Kier alpha value is -1.06. The molecule has 2 aliphatic rings. The normalized spacial score (nSPS) is 26.2. The zero-order valence-electron chi connectivity index (χ0n) is 11.3. The number of benzene rings is 1. The van der Waals surface area contributed by atoms with Gasteiger partial charge in [-0.15, -0.1) is 0 Å². The molecule has 1 heterocycles. The predicted octanol–water partition coefficient (Wildman–Crippen LogP) is 3.00. The molecule has 1 aromatic carbocycles. The largest absolute Gasteiger partial charge is 0.493 e. The summed E-state index contributed by atoms with van der Waals surface area (Å²) in [6, 6.07) is 6.13. The first-order valence-electron chi connectivity index (χ1n) is 7.38. The molecule has 1 fully saturated rings. The summed E-state index contributed by atoms with van der Waals surface area (Å²) in [6.45, 7) is 1.59. The molecule has 1 unspecified atom stereocenters. The van der Waals surface area contributed by atoms with E-state index in [1.807, 2.05) is 12.1 Å². The van der Waals surface area contributed by atoms with Crippen LogP contribution in [0.25, 0.3) is 0 Å². The molecule has 0 spiro atoms. The van der Waals surface area contributed by atoms with Crippen molar-refractivity contribution in [2.75, 3.05) is 13.2 Å². The van der Waals surface area contributed by atoms with Gasteiger partial charge >= 0.3 is 0 Å². The van der Waals surface area contributed by atoms with Gasteiger partial charge < -0.3 is 14.6 Å². The Kier molecular flexibility index (Phi) is 4.04. The van der Waals surface area contributed by atoms with E-state index in [9.17, 15) is 5.11 Å². The minimum absolute atomic E-state index is 0.314. The van der Waals surface area contributed by atoms with Gasteiger partial charge in [-0.2, -0.15) is 0 Å². The van der Waals surface area contributed by atoms with Crippen LogP contribution in [-0.4, -0.2) is 24.4 Å². The fourth-order valence-electron chi connectivity index (χ4n) is 3.02. The molecule has 1 aliphatic carbocycles. The number of rotatable bonds is 4. The molecule has 1 N–H and O–H groups in total. The third-order valence-electron chi connectivity index (χ3n) is 4.13. The highest BCUT2D eigenvalue weighted by molar-refractivity contribution is 5.38. The van der Waals surface area contributed by atoms with Gasteiger partial charge in [0.15, 0.2) is 0 Å². The highest BCUT2D eigenvalue weighted by atomic mass is 16.5. The van der Waals surface area contributed by atoms with Crippen molar-refractivity contribution in [2.45, 2.75) is 50.7 Å². The molecule has 3 nitrogen and oxygen atoms in total. The number of hydrogen-bond donors (Lipinski definition) is 1. The number of ether oxygens (including phenoxy) is 2. The van der Waals surface area contributed by atoms with E-state index in [2.05, 4.69) is 6.07 Å². The zero-order chi connectivity index (χ0) is 13.1. The molecule has 1 aliphatic heterocycles. The molecule has 3 rings (SSSR count). The summed E-state index contributed by atoms with van der Waals surface area (Å²) in [5.74, 6) is 0.873. The Balaban J connectivity index is 1.57. The summed E-state index contributed by atoms with van der Waals surface area (Å²) in [7, 11) is 0. The average molecular weight is 262 g/mol. The van der Waals surface area contributed by atoms with Crippen LogP contribution in [0.2, 0.25) is 0 Å². The maximum atomic E-state index is 10.0. The van der Waals surface area contributed by atoms with Crippen molar-refractivity contribution in [3.8, 4) is 5.75 Å². The Morgan fingerprint density at radius 2 is 2.21 bits per heavy atom. The van der Waals surface area contributed by atoms with Crippen LogP contribution in [0.3, 0.4) is 0 Å². The van der Waals surface area contributed by atoms with Crippen LogP contribution in [0.5, 0.6) is 5.75 Å². The first kappa shape index (κ1) is 12.9. The van der Waals surface area contributed by atoms with Crippen LogP contribution in [-0.2, 0) is 11.2 Å². The molecule has 1 aromatic rings. The first-order chi connectivity index (χ1) is 9.33. The van der Waals surface area contributed by atoms with E-state index < -0.39 is 0 Å². The summed E-state index contributed by atoms with van der Waals surface area (Å²) < 4.78 is 11.4. The molecule has 0 radical (unpaired) electrons. The lowest BCUT2D eigenvalue weighted by atomic mass is 9.89.